The minimum Gasteiger partial charge on any atom is -0.493 e. The van der Waals surface area contributed by atoms with Crippen molar-refractivity contribution in [2.75, 3.05) is 7.11 Å². The molecule has 0 amide bonds. The normalized spacial score (nSPS) is 15.5. The average Bonchev–Trinajstić information content (AvgIpc) is 3.09. The van der Waals surface area contributed by atoms with Crippen molar-refractivity contribution in [1.82, 2.24) is 9.78 Å². The number of halogens is 1. The lowest BCUT2D eigenvalue weighted by molar-refractivity contribution is 0.284. The van der Waals surface area contributed by atoms with Crippen LogP contribution in [0, 0.1) is 0 Å². The highest BCUT2D eigenvalue weighted by Crippen LogP contribution is 2.45. The number of aromatic amines is 1. The Morgan fingerprint density at radius 2 is 1.94 bits per heavy atom. The Balaban J connectivity index is 1.65. The number of thioether (sulfide) groups is 1. The third kappa shape index (κ3) is 4.38. The monoisotopic (exact) mass is 457 g/mol. The maximum atomic E-state index is 12.8. The molecular formula is C23H24ClN3O3S. The number of nitrogens with zero attached hydrogens (tertiary/aromatic N) is 2. The van der Waals surface area contributed by atoms with Crippen molar-refractivity contribution in [2.45, 2.75) is 38.7 Å². The fourth-order valence-corrected chi connectivity index (χ4v) is 4.75. The molecule has 162 valence electrons. The van der Waals surface area contributed by atoms with Gasteiger partial charge in [-0.25, -0.2) is 4.99 Å². The van der Waals surface area contributed by atoms with Gasteiger partial charge in [0.2, 0.25) is 0 Å². The smallest absolute Gasteiger partial charge is 0.271 e. The van der Waals surface area contributed by atoms with Gasteiger partial charge in [-0.15, -0.1) is 0 Å². The molecule has 4 rings (SSSR count). The van der Waals surface area contributed by atoms with Crippen LogP contribution in [-0.2, 0) is 6.61 Å². The van der Waals surface area contributed by atoms with E-state index in [2.05, 4.69) is 10.1 Å². The summed E-state index contributed by atoms with van der Waals surface area (Å²) in [7, 11) is 1.61. The van der Waals surface area contributed by atoms with Crippen molar-refractivity contribution < 1.29 is 9.47 Å². The summed E-state index contributed by atoms with van der Waals surface area (Å²) in [6, 6.07) is 13.4. The second-order valence-corrected chi connectivity index (χ2v) is 9.33. The zero-order valence-corrected chi connectivity index (χ0v) is 19.4. The SMILES string of the molecule is COc1cc([C@H]2SC(C)=Nc3c2c(=O)[nH]n3C(C)C)ccc1OCc1ccc(Cl)cc1. The zero-order valence-electron chi connectivity index (χ0n) is 17.8. The summed E-state index contributed by atoms with van der Waals surface area (Å²) in [5, 5.41) is 4.36. The molecule has 1 atom stereocenters. The Morgan fingerprint density at radius 3 is 2.61 bits per heavy atom. The topological polar surface area (TPSA) is 68.6 Å². The van der Waals surface area contributed by atoms with E-state index in [1.807, 2.05) is 67.9 Å². The Kier molecular flexibility index (Phi) is 6.16. The molecule has 2 heterocycles. The van der Waals surface area contributed by atoms with Gasteiger partial charge in [-0.2, -0.15) is 0 Å². The summed E-state index contributed by atoms with van der Waals surface area (Å²) in [5.74, 6) is 1.96. The quantitative estimate of drug-likeness (QED) is 0.501. The van der Waals surface area contributed by atoms with Crippen LogP contribution in [0.3, 0.4) is 0 Å². The van der Waals surface area contributed by atoms with Gasteiger partial charge in [0.05, 0.1) is 23.0 Å². The van der Waals surface area contributed by atoms with E-state index in [1.54, 1.807) is 18.9 Å². The first-order valence-electron chi connectivity index (χ1n) is 9.99. The van der Waals surface area contributed by atoms with E-state index >= 15 is 0 Å². The van der Waals surface area contributed by atoms with Crippen molar-refractivity contribution >= 4 is 34.2 Å². The summed E-state index contributed by atoms with van der Waals surface area (Å²) in [6.45, 7) is 6.41. The molecule has 1 N–H and O–H groups in total. The van der Waals surface area contributed by atoms with E-state index in [4.69, 9.17) is 21.1 Å². The Labute approximate surface area is 190 Å². The third-order valence-electron chi connectivity index (χ3n) is 5.06. The highest BCUT2D eigenvalue weighted by molar-refractivity contribution is 8.14. The minimum atomic E-state index is -0.171. The molecule has 0 fully saturated rings. The number of H-pyrrole nitrogens is 1. The summed E-state index contributed by atoms with van der Waals surface area (Å²) in [5.41, 5.74) is 2.53. The highest BCUT2D eigenvalue weighted by atomic mass is 35.5. The summed E-state index contributed by atoms with van der Waals surface area (Å²) in [6.07, 6.45) is 0. The van der Waals surface area contributed by atoms with Crippen molar-refractivity contribution in [3.8, 4) is 11.5 Å². The first-order valence-corrected chi connectivity index (χ1v) is 11.2. The number of rotatable bonds is 6. The summed E-state index contributed by atoms with van der Waals surface area (Å²) >= 11 is 7.51. The second kappa shape index (κ2) is 8.85. The van der Waals surface area contributed by atoms with Crippen LogP contribution in [0.1, 0.15) is 48.8 Å². The molecule has 1 aromatic heterocycles. The van der Waals surface area contributed by atoms with E-state index in [-0.39, 0.29) is 16.9 Å². The van der Waals surface area contributed by atoms with E-state index in [9.17, 15) is 4.79 Å². The van der Waals surface area contributed by atoms with Crippen molar-refractivity contribution in [3.05, 3.63) is 74.5 Å². The number of methoxy groups -OCH3 is 1. The number of fused-ring (bicyclic) bond motifs is 1. The van der Waals surface area contributed by atoms with Gasteiger partial charge in [0.25, 0.3) is 5.56 Å². The lowest BCUT2D eigenvalue weighted by Gasteiger charge is -2.22. The lowest BCUT2D eigenvalue weighted by Crippen LogP contribution is -2.13. The number of hydrogen-bond donors (Lipinski definition) is 1. The van der Waals surface area contributed by atoms with Crippen molar-refractivity contribution in [3.63, 3.8) is 0 Å². The molecule has 3 aromatic rings. The molecule has 0 bridgehead atoms. The highest BCUT2D eigenvalue weighted by Gasteiger charge is 2.31. The number of ether oxygens (including phenoxy) is 2. The van der Waals surface area contributed by atoms with Crippen LogP contribution >= 0.6 is 23.4 Å². The van der Waals surface area contributed by atoms with Crippen LogP contribution < -0.4 is 15.0 Å². The molecule has 31 heavy (non-hydrogen) atoms. The fourth-order valence-electron chi connectivity index (χ4n) is 3.53. The number of nitrogens with one attached hydrogen (secondary N) is 1. The van der Waals surface area contributed by atoms with Gasteiger partial charge >= 0.3 is 0 Å². The molecule has 8 heteroatoms. The first-order chi connectivity index (χ1) is 14.9. The number of aromatic nitrogens is 2. The van der Waals surface area contributed by atoms with Gasteiger partial charge in [0, 0.05) is 11.1 Å². The van der Waals surface area contributed by atoms with Crippen LogP contribution in [0.15, 0.2) is 52.3 Å². The Hall–Kier alpha value is -2.64. The Morgan fingerprint density at radius 1 is 1.19 bits per heavy atom. The molecule has 2 aromatic carbocycles. The predicted octanol–water partition coefficient (Wildman–Crippen LogP) is 5.88. The summed E-state index contributed by atoms with van der Waals surface area (Å²) in [4.78, 5) is 17.4. The van der Waals surface area contributed by atoms with E-state index < -0.39 is 0 Å². The van der Waals surface area contributed by atoms with Crippen LogP contribution in [0.4, 0.5) is 5.82 Å². The molecule has 1 aliphatic rings. The second-order valence-electron chi connectivity index (χ2n) is 7.60. The molecule has 0 spiro atoms. The van der Waals surface area contributed by atoms with Crippen LogP contribution in [-0.4, -0.2) is 21.9 Å². The third-order valence-corrected chi connectivity index (χ3v) is 6.49. The van der Waals surface area contributed by atoms with E-state index in [0.29, 0.717) is 34.5 Å². The molecule has 0 saturated carbocycles. The van der Waals surface area contributed by atoms with Crippen molar-refractivity contribution in [2.24, 2.45) is 4.99 Å². The van der Waals surface area contributed by atoms with E-state index in [1.165, 1.54) is 0 Å². The van der Waals surface area contributed by atoms with Crippen LogP contribution in [0.2, 0.25) is 5.02 Å². The fraction of sp³-hybridized carbons (Fsp3) is 0.304. The zero-order chi connectivity index (χ0) is 22.1. The Bertz CT molecular complexity index is 1180. The lowest BCUT2D eigenvalue weighted by atomic mass is 10.1. The molecule has 0 unspecified atom stereocenters. The average molecular weight is 458 g/mol. The van der Waals surface area contributed by atoms with Gasteiger partial charge < -0.3 is 9.47 Å². The van der Waals surface area contributed by atoms with Crippen LogP contribution in [0.25, 0.3) is 0 Å². The number of hydrogen-bond acceptors (Lipinski definition) is 5. The van der Waals surface area contributed by atoms with E-state index in [0.717, 1.165) is 16.2 Å². The largest absolute Gasteiger partial charge is 0.493 e. The maximum Gasteiger partial charge on any atom is 0.271 e. The van der Waals surface area contributed by atoms with Gasteiger partial charge in [-0.1, -0.05) is 41.6 Å². The summed E-state index contributed by atoms with van der Waals surface area (Å²) < 4.78 is 13.4. The number of aliphatic imine (C=N–C) groups is 1. The van der Waals surface area contributed by atoms with Gasteiger partial charge in [0.1, 0.15) is 6.61 Å². The van der Waals surface area contributed by atoms with Crippen LogP contribution in [0.5, 0.6) is 11.5 Å². The number of benzene rings is 2. The van der Waals surface area contributed by atoms with Gasteiger partial charge in [0.15, 0.2) is 17.3 Å². The van der Waals surface area contributed by atoms with Gasteiger partial charge in [-0.05, 0) is 56.2 Å². The minimum absolute atomic E-state index is 0.106. The maximum absolute atomic E-state index is 12.8. The first kappa shape index (κ1) is 21.6. The molecule has 0 saturated heterocycles. The molecular weight excluding hydrogens is 434 g/mol. The predicted molar refractivity (Wildman–Crippen MR) is 126 cm³/mol. The molecule has 1 aliphatic heterocycles. The van der Waals surface area contributed by atoms with Gasteiger partial charge in [-0.3, -0.25) is 14.6 Å². The molecule has 0 radical (unpaired) electrons. The van der Waals surface area contributed by atoms with Crippen molar-refractivity contribution in [1.29, 1.82) is 0 Å². The molecule has 0 aliphatic carbocycles. The molecule has 6 nitrogen and oxygen atoms in total. The standard InChI is InChI=1S/C23H24ClN3O3S/c1-13(2)27-22-20(23(28)26-27)21(31-14(3)25-22)16-7-10-18(19(11-16)29-4)30-12-15-5-8-17(24)9-6-15/h5-11,13,21H,12H2,1-4H3,(H,26,28)/t21-/m1/s1.